The average molecular weight is 1060 g/mol. The van der Waals surface area contributed by atoms with Crippen LogP contribution < -0.4 is 15.9 Å². The Morgan fingerprint density at radius 1 is 1.02 bits per heavy atom. The molecule has 1 atom stereocenters. The molecule has 0 spiro atoms. The zero-order valence-corrected chi connectivity index (χ0v) is 41.2. The topological polar surface area (TPSA) is 223 Å². The van der Waals surface area contributed by atoms with Crippen molar-refractivity contribution in [2.45, 2.75) is 63.7 Å². The van der Waals surface area contributed by atoms with E-state index in [-0.39, 0.29) is 64.1 Å². The van der Waals surface area contributed by atoms with Gasteiger partial charge in [0.1, 0.15) is 29.5 Å². The first kappa shape index (κ1) is 62.1. The van der Waals surface area contributed by atoms with Gasteiger partial charge in [-0.1, -0.05) is 79.0 Å². The van der Waals surface area contributed by atoms with Gasteiger partial charge in [0.05, 0.1) is 25.1 Å². The summed E-state index contributed by atoms with van der Waals surface area (Å²) in [6.07, 6.45) is 4.25. The number of nitrogens with zero attached hydrogens (tertiary/aromatic N) is 5. The zero-order chi connectivity index (χ0) is 50.9. The van der Waals surface area contributed by atoms with Crippen LogP contribution in [0.3, 0.4) is 0 Å². The number of ether oxygens (including phenoxy) is 2. The second kappa shape index (κ2) is 31.9. The number of carboxylic acids is 1. The minimum absolute atomic E-state index is 0.0371. The molecule has 66 heavy (non-hydrogen) atoms. The van der Waals surface area contributed by atoms with Crippen LogP contribution in [0.4, 0.5) is 18.9 Å². The number of alkyl halides is 6. The SMILES string of the molecule is C=CCN(CC=C)C(=O)C(Cl)Cl.CCOC(=O)C(Cl)Cc1cc(-n2nc(C)n(C(F)F)c2=O)c(F)cc1Cl.CCc1cccc(CC)c1N(COC)C(=O)CCl.O=C(O)CNCP(=O)(O)O. The van der Waals surface area contributed by atoms with Crippen LogP contribution in [0.5, 0.6) is 0 Å². The maximum absolute atomic E-state index is 14.2. The van der Waals surface area contributed by atoms with E-state index in [1.165, 1.54) is 11.8 Å². The third kappa shape index (κ3) is 21.3. The highest BCUT2D eigenvalue weighted by Crippen LogP contribution is 2.32. The number of para-hydroxylation sites is 1. The van der Waals surface area contributed by atoms with Crippen molar-refractivity contribution in [1.82, 2.24) is 24.6 Å². The van der Waals surface area contributed by atoms with Crippen LogP contribution in [-0.2, 0) is 52.5 Å². The Morgan fingerprint density at radius 3 is 1.98 bits per heavy atom. The van der Waals surface area contributed by atoms with Gasteiger partial charge in [-0.2, -0.15) is 13.5 Å². The van der Waals surface area contributed by atoms with Gasteiger partial charge in [0.15, 0.2) is 10.7 Å². The summed E-state index contributed by atoms with van der Waals surface area (Å²) in [5, 5.41) is 12.6. The van der Waals surface area contributed by atoms with Crippen LogP contribution in [0, 0.1) is 12.7 Å². The van der Waals surface area contributed by atoms with Crippen LogP contribution in [0.25, 0.3) is 5.69 Å². The number of rotatable bonds is 21. The van der Waals surface area contributed by atoms with E-state index in [2.05, 4.69) is 37.4 Å². The van der Waals surface area contributed by atoms with Crippen LogP contribution >= 0.6 is 65.6 Å². The van der Waals surface area contributed by atoms with Crippen LogP contribution in [0.15, 0.2) is 60.4 Å². The molecule has 26 heteroatoms. The van der Waals surface area contributed by atoms with E-state index in [0.717, 1.165) is 41.8 Å². The van der Waals surface area contributed by atoms with Crippen molar-refractivity contribution in [2.75, 3.05) is 57.1 Å². The highest BCUT2D eigenvalue weighted by molar-refractivity contribution is 7.51. The molecule has 0 aliphatic heterocycles. The predicted octanol–water partition coefficient (Wildman–Crippen LogP) is 7.02. The standard InChI is InChI=1S/C15H14Cl2F3N3O3.C14H20ClNO2.C8H11Cl2NO.C3H8NO5P/c1-3-26-13(24)10(17)4-8-5-12(11(18)6-9(8)16)23-15(25)22(14(19)20)7(2)21-23;1-4-11-7-6-8-12(5-2)14(11)16(10-18-3)13(17)9-15;1-3-5-11(6-4-2)8(12)7(9)10;5-3(6)1-4-2-10(7,8)9/h5-6,10,14H,3-4H2,1-2H3;6-8H,4-5,9-10H2,1-3H3;3-4,7H,1-2,5-6H2;4H,1-2H2,(H,5,6)(H2,7,8,9). The summed E-state index contributed by atoms with van der Waals surface area (Å²) < 4.78 is 60.7. The highest BCUT2D eigenvalue weighted by Gasteiger charge is 2.24. The lowest BCUT2D eigenvalue weighted by Crippen LogP contribution is -2.35. The van der Waals surface area contributed by atoms with Gasteiger partial charge in [0, 0.05) is 31.6 Å². The van der Waals surface area contributed by atoms with Crippen molar-refractivity contribution < 1.29 is 61.3 Å². The minimum atomic E-state index is -4.10. The molecule has 4 N–H and O–H groups in total. The molecule has 370 valence electrons. The van der Waals surface area contributed by atoms with Crippen molar-refractivity contribution in [3.63, 3.8) is 0 Å². The molecule has 1 aromatic heterocycles. The minimum Gasteiger partial charge on any atom is -0.480 e. The molecule has 0 saturated heterocycles. The van der Waals surface area contributed by atoms with Crippen molar-refractivity contribution in [2.24, 2.45) is 0 Å². The Kier molecular flexibility index (Phi) is 30.0. The van der Waals surface area contributed by atoms with E-state index in [1.807, 2.05) is 18.2 Å². The number of carbonyl (C=O) groups is 4. The lowest BCUT2D eigenvalue weighted by molar-refractivity contribution is -0.142. The fraction of sp³-hybridized carbons (Fsp3) is 0.450. The molecule has 0 radical (unpaired) electrons. The number of nitrogens with one attached hydrogen (secondary N) is 1. The number of hydrogen-bond donors (Lipinski definition) is 4. The van der Waals surface area contributed by atoms with E-state index >= 15 is 0 Å². The number of carboxylic acid groups (broad SMARTS) is 1. The summed E-state index contributed by atoms with van der Waals surface area (Å²) in [5.74, 6) is -3.55. The molecule has 0 bridgehead atoms. The first-order valence-electron chi connectivity index (χ1n) is 19.4. The van der Waals surface area contributed by atoms with Crippen LogP contribution in [0.2, 0.25) is 5.02 Å². The van der Waals surface area contributed by atoms with Gasteiger partial charge in [-0.05, 0) is 55.5 Å². The maximum atomic E-state index is 14.2. The lowest BCUT2D eigenvalue weighted by atomic mass is 10.0. The molecule has 17 nitrogen and oxygen atoms in total. The van der Waals surface area contributed by atoms with E-state index in [9.17, 15) is 41.7 Å². The zero-order valence-electron chi connectivity index (χ0n) is 36.6. The number of anilines is 1. The molecule has 1 unspecified atom stereocenters. The number of aromatic nitrogens is 3. The molecule has 1 heterocycles. The van der Waals surface area contributed by atoms with E-state index < -0.39 is 60.6 Å². The highest BCUT2D eigenvalue weighted by atomic mass is 35.5. The number of aryl methyl sites for hydroxylation is 3. The first-order valence-corrected chi connectivity index (χ1v) is 23.4. The second-order valence-corrected chi connectivity index (χ2v) is 16.9. The molecular weight excluding hydrogens is 1010 g/mol. The van der Waals surface area contributed by atoms with Gasteiger partial charge in [-0.3, -0.25) is 34.0 Å². The Bertz CT molecular complexity index is 2150. The Labute approximate surface area is 405 Å². The smallest absolute Gasteiger partial charge is 0.355 e. The lowest BCUT2D eigenvalue weighted by Gasteiger charge is -2.26. The Hall–Kier alpha value is -3.95. The first-order chi connectivity index (χ1) is 30.9. The van der Waals surface area contributed by atoms with E-state index in [4.69, 9.17) is 82.4 Å². The van der Waals surface area contributed by atoms with Crippen molar-refractivity contribution >= 4 is 95.0 Å². The number of esters is 1. The van der Waals surface area contributed by atoms with Gasteiger partial charge >= 0.3 is 31.8 Å². The third-order valence-electron chi connectivity index (χ3n) is 8.16. The summed E-state index contributed by atoms with van der Waals surface area (Å²) in [6, 6.07) is 8.13. The van der Waals surface area contributed by atoms with Gasteiger partial charge in [0.2, 0.25) is 5.91 Å². The molecule has 0 aliphatic carbocycles. The average Bonchev–Trinajstić information content (AvgIpc) is 3.55. The van der Waals surface area contributed by atoms with Gasteiger partial charge in [0.25, 0.3) is 5.91 Å². The van der Waals surface area contributed by atoms with Crippen LogP contribution in [-0.4, -0.2) is 120 Å². The number of amides is 2. The van der Waals surface area contributed by atoms with Crippen LogP contribution in [0.1, 0.15) is 49.8 Å². The summed E-state index contributed by atoms with van der Waals surface area (Å²) in [7, 11) is -2.52. The molecule has 2 amide bonds. The molecule has 3 rings (SSSR count). The predicted molar refractivity (Wildman–Crippen MR) is 249 cm³/mol. The summed E-state index contributed by atoms with van der Waals surface area (Å²) in [4.78, 5) is 75.1. The normalized spacial score (nSPS) is 11.2. The van der Waals surface area contributed by atoms with Crippen molar-refractivity contribution in [1.29, 1.82) is 0 Å². The fourth-order valence-corrected chi connectivity index (χ4v) is 6.58. The number of hydrogen-bond acceptors (Lipinski definition) is 10. The van der Waals surface area contributed by atoms with Gasteiger partial charge in [-0.25, -0.2) is 13.8 Å². The van der Waals surface area contributed by atoms with E-state index in [1.54, 1.807) is 31.1 Å². The molecule has 3 aromatic rings. The second-order valence-electron chi connectivity index (χ2n) is 13.0. The Morgan fingerprint density at radius 2 is 1.58 bits per heavy atom. The maximum Gasteiger partial charge on any atom is 0.355 e. The number of carbonyl (C=O) groups excluding carboxylic acids is 3. The van der Waals surface area contributed by atoms with Crippen molar-refractivity contribution in [3.05, 3.63) is 99.5 Å². The monoisotopic (exact) mass is 1060 g/mol. The number of methoxy groups -OCH3 is 1. The van der Waals surface area contributed by atoms with Crippen molar-refractivity contribution in [3.8, 4) is 5.69 Å². The van der Waals surface area contributed by atoms with Gasteiger partial charge in [-0.15, -0.1) is 41.5 Å². The number of aliphatic carboxylic acids is 1. The van der Waals surface area contributed by atoms with Gasteiger partial charge < -0.3 is 29.3 Å². The third-order valence-corrected chi connectivity index (χ3v) is 10.1. The Balaban J connectivity index is 0.000000919. The number of halogens is 8. The van der Waals surface area contributed by atoms with E-state index in [0.29, 0.717) is 17.8 Å². The molecule has 0 aliphatic rings. The largest absolute Gasteiger partial charge is 0.480 e. The fourth-order valence-electron chi connectivity index (χ4n) is 5.30. The molecule has 2 aromatic carbocycles. The number of benzene rings is 2. The summed E-state index contributed by atoms with van der Waals surface area (Å²) >= 11 is 28.4. The molecule has 0 saturated carbocycles. The summed E-state index contributed by atoms with van der Waals surface area (Å²) in [6.45, 7) is 11.6. The quantitative estimate of drug-likeness (QED) is 0.0277. The molecular formula is C40H53Cl5F3N6O11P. The summed E-state index contributed by atoms with van der Waals surface area (Å²) in [5.41, 5.74) is 1.87. The molecule has 0 fully saturated rings.